The molecule has 4 nitrogen and oxygen atoms in total. The Morgan fingerprint density at radius 3 is 2.96 bits per heavy atom. The first kappa shape index (κ1) is 14.6. The van der Waals surface area contributed by atoms with Crippen molar-refractivity contribution in [2.24, 2.45) is 0 Å². The summed E-state index contributed by atoms with van der Waals surface area (Å²) in [5, 5.41) is 8.30. The van der Waals surface area contributed by atoms with Gasteiger partial charge >= 0.3 is 0 Å². The monoisotopic (exact) mass is 345 g/mol. The van der Waals surface area contributed by atoms with Crippen LogP contribution in [-0.4, -0.2) is 22.9 Å². The van der Waals surface area contributed by atoms with E-state index in [1.807, 2.05) is 48.0 Å². The van der Waals surface area contributed by atoms with E-state index in [0.717, 1.165) is 45.1 Å². The van der Waals surface area contributed by atoms with Gasteiger partial charge in [-0.05, 0) is 37.6 Å². The van der Waals surface area contributed by atoms with E-state index in [4.69, 9.17) is 21.4 Å². The lowest BCUT2D eigenvalue weighted by Crippen LogP contribution is -2.06. The maximum absolute atomic E-state index is 6.10. The number of thiophene rings is 1. The van der Waals surface area contributed by atoms with Crippen molar-refractivity contribution in [1.29, 1.82) is 0 Å². The minimum atomic E-state index is 0.626. The van der Waals surface area contributed by atoms with Crippen molar-refractivity contribution >= 4 is 28.8 Å². The molecule has 0 radical (unpaired) electrons. The Kier molecular flexibility index (Phi) is 3.75. The first-order chi connectivity index (χ1) is 11.3. The number of ether oxygens (including phenoxy) is 1. The molecule has 23 heavy (non-hydrogen) atoms. The molecule has 0 unspecified atom stereocenters. The SMILES string of the molecule is CCOc1ccccc1-n1nc(-c2ccc(Cl)s2)c2c1NCC2. The molecule has 3 aromatic rings. The molecule has 118 valence electrons. The minimum Gasteiger partial charge on any atom is -0.492 e. The van der Waals surface area contributed by atoms with Gasteiger partial charge in [-0.2, -0.15) is 5.10 Å². The van der Waals surface area contributed by atoms with Crippen LogP contribution < -0.4 is 10.1 Å². The Morgan fingerprint density at radius 2 is 2.17 bits per heavy atom. The molecule has 0 fully saturated rings. The molecule has 0 bridgehead atoms. The third-order valence-electron chi connectivity index (χ3n) is 3.85. The van der Waals surface area contributed by atoms with Crippen molar-refractivity contribution < 1.29 is 4.74 Å². The molecule has 0 amide bonds. The van der Waals surface area contributed by atoms with Crippen LogP contribution in [0.2, 0.25) is 4.34 Å². The van der Waals surface area contributed by atoms with Gasteiger partial charge in [0.2, 0.25) is 0 Å². The molecule has 0 atom stereocenters. The van der Waals surface area contributed by atoms with E-state index in [1.165, 1.54) is 5.56 Å². The summed E-state index contributed by atoms with van der Waals surface area (Å²) in [6.07, 6.45) is 0.969. The van der Waals surface area contributed by atoms with Crippen LogP contribution in [-0.2, 0) is 6.42 Å². The number of hydrogen-bond donors (Lipinski definition) is 1. The van der Waals surface area contributed by atoms with Crippen molar-refractivity contribution in [3.8, 4) is 22.0 Å². The first-order valence-electron chi connectivity index (χ1n) is 7.61. The molecule has 0 spiro atoms. The highest BCUT2D eigenvalue weighted by molar-refractivity contribution is 7.19. The summed E-state index contributed by atoms with van der Waals surface area (Å²) >= 11 is 7.66. The number of rotatable bonds is 4. The van der Waals surface area contributed by atoms with Crippen LogP contribution in [0.4, 0.5) is 5.82 Å². The Bertz CT molecular complexity index is 855. The summed E-state index contributed by atoms with van der Waals surface area (Å²) in [6.45, 7) is 3.54. The van der Waals surface area contributed by atoms with Gasteiger partial charge in [-0.25, -0.2) is 4.68 Å². The van der Waals surface area contributed by atoms with Gasteiger partial charge in [-0.3, -0.25) is 0 Å². The minimum absolute atomic E-state index is 0.626. The molecule has 2 aromatic heterocycles. The Labute approximate surface area is 143 Å². The number of nitrogens with one attached hydrogen (secondary N) is 1. The number of benzene rings is 1. The van der Waals surface area contributed by atoms with Crippen LogP contribution in [0.15, 0.2) is 36.4 Å². The van der Waals surface area contributed by atoms with Gasteiger partial charge < -0.3 is 10.1 Å². The lowest BCUT2D eigenvalue weighted by atomic mass is 10.2. The molecule has 4 rings (SSSR count). The van der Waals surface area contributed by atoms with Gasteiger partial charge in [0.25, 0.3) is 0 Å². The molecule has 0 saturated heterocycles. The third-order valence-corrected chi connectivity index (χ3v) is 5.09. The van der Waals surface area contributed by atoms with E-state index in [0.29, 0.717) is 6.61 Å². The number of aromatic nitrogens is 2. The molecule has 3 heterocycles. The van der Waals surface area contributed by atoms with Gasteiger partial charge in [-0.15, -0.1) is 11.3 Å². The fraction of sp³-hybridized carbons (Fsp3) is 0.235. The number of halogens is 1. The molecular formula is C17H16ClN3OS. The van der Waals surface area contributed by atoms with E-state index in [2.05, 4.69) is 5.32 Å². The van der Waals surface area contributed by atoms with Gasteiger partial charge in [0.15, 0.2) is 0 Å². The highest BCUT2D eigenvalue weighted by Gasteiger charge is 2.25. The maximum Gasteiger partial charge on any atom is 0.145 e. The average Bonchev–Trinajstić information content (AvgIpc) is 3.24. The zero-order valence-corrected chi connectivity index (χ0v) is 14.2. The van der Waals surface area contributed by atoms with Crippen molar-refractivity contribution in [1.82, 2.24) is 9.78 Å². The summed E-state index contributed by atoms with van der Waals surface area (Å²) in [5.41, 5.74) is 3.21. The van der Waals surface area contributed by atoms with Crippen LogP contribution in [0.5, 0.6) is 5.75 Å². The number of nitrogens with zero attached hydrogens (tertiary/aromatic N) is 2. The predicted octanol–water partition coefficient (Wildman–Crippen LogP) is 4.62. The molecule has 1 aliphatic rings. The van der Waals surface area contributed by atoms with E-state index in [9.17, 15) is 0 Å². The zero-order valence-electron chi connectivity index (χ0n) is 12.7. The molecule has 1 aliphatic heterocycles. The number of fused-ring (bicyclic) bond motifs is 1. The van der Waals surface area contributed by atoms with Gasteiger partial charge in [-0.1, -0.05) is 23.7 Å². The third kappa shape index (κ3) is 2.50. The lowest BCUT2D eigenvalue weighted by Gasteiger charge is -2.12. The summed E-state index contributed by atoms with van der Waals surface area (Å²) < 4.78 is 8.50. The van der Waals surface area contributed by atoms with Gasteiger partial charge in [0.05, 0.1) is 15.8 Å². The van der Waals surface area contributed by atoms with E-state index >= 15 is 0 Å². The van der Waals surface area contributed by atoms with Crippen LogP contribution in [0.1, 0.15) is 12.5 Å². The van der Waals surface area contributed by atoms with Crippen molar-refractivity contribution in [2.75, 3.05) is 18.5 Å². The van der Waals surface area contributed by atoms with Crippen molar-refractivity contribution in [3.05, 3.63) is 46.3 Å². The second-order valence-electron chi connectivity index (χ2n) is 5.27. The normalized spacial score (nSPS) is 13.0. The highest BCUT2D eigenvalue weighted by Crippen LogP contribution is 2.39. The summed E-state index contributed by atoms with van der Waals surface area (Å²) in [6, 6.07) is 11.9. The standard InChI is InChI=1S/C17H16ClN3OS/c1-2-22-13-6-4-3-5-12(13)21-17-11(9-10-19-17)16(20-21)14-7-8-15(18)23-14/h3-8,19H,2,9-10H2,1H3. The van der Waals surface area contributed by atoms with E-state index in [1.54, 1.807) is 11.3 Å². The Balaban J connectivity index is 1.88. The number of anilines is 1. The lowest BCUT2D eigenvalue weighted by molar-refractivity contribution is 0.338. The summed E-state index contributed by atoms with van der Waals surface area (Å²) in [4.78, 5) is 1.10. The Hall–Kier alpha value is -1.98. The molecule has 0 saturated carbocycles. The number of para-hydroxylation sites is 2. The second kappa shape index (κ2) is 5.91. The van der Waals surface area contributed by atoms with Gasteiger partial charge in [0, 0.05) is 12.1 Å². The van der Waals surface area contributed by atoms with E-state index < -0.39 is 0 Å². The van der Waals surface area contributed by atoms with E-state index in [-0.39, 0.29) is 0 Å². The van der Waals surface area contributed by atoms with Crippen LogP contribution in [0.25, 0.3) is 16.3 Å². The van der Waals surface area contributed by atoms with Crippen LogP contribution in [0.3, 0.4) is 0 Å². The van der Waals surface area contributed by atoms with Gasteiger partial charge in [0.1, 0.15) is 22.9 Å². The Morgan fingerprint density at radius 1 is 1.30 bits per heavy atom. The second-order valence-corrected chi connectivity index (χ2v) is 6.98. The summed E-state index contributed by atoms with van der Waals surface area (Å²) in [7, 11) is 0. The van der Waals surface area contributed by atoms with Crippen LogP contribution >= 0.6 is 22.9 Å². The molecule has 1 N–H and O–H groups in total. The average molecular weight is 346 g/mol. The fourth-order valence-electron chi connectivity index (χ4n) is 2.90. The quantitative estimate of drug-likeness (QED) is 0.749. The first-order valence-corrected chi connectivity index (χ1v) is 8.81. The van der Waals surface area contributed by atoms with Crippen molar-refractivity contribution in [2.45, 2.75) is 13.3 Å². The van der Waals surface area contributed by atoms with Crippen LogP contribution in [0, 0.1) is 0 Å². The highest BCUT2D eigenvalue weighted by atomic mass is 35.5. The molecule has 6 heteroatoms. The van der Waals surface area contributed by atoms with Crippen molar-refractivity contribution in [3.63, 3.8) is 0 Å². The maximum atomic E-state index is 6.10. The summed E-state index contributed by atoms with van der Waals surface area (Å²) in [5.74, 6) is 1.89. The predicted molar refractivity (Wildman–Crippen MR) is 95.2 cm³/mol. The fourth-order valence-corrected chi connectivity index (χ4v) is 3.95. The smallest absolute Gasteiger partial charge is 0.145 e. The zero-order chi connectivity index (χ0) is 15.8. The molecule has 0 aliphatic carbocycles. The molecule has 1 aromatic carbocycles. The number of hydrogen-bond acceptors (Lipinski definition) is 4. The topological polar surface area (TPSA) is 39.1 Å². The largest absolute Gasteiger partial charge is 0.492 e. The molecular weight excluding hydrogens is 330 g/mol.